The third kappa shape index (κ3) is 3.66. The lowest BCUT2D eigenvalue weighted by molar-refractivity contribution is 0.0802. The van der Waals surface area contributed by atoms with Crippen LogP contribution >= 0.6 is 11.3 Å². The molecule has 0 spiro atoms. The van der Waals surface area contributed by atoms with Crippen LogP contribution in [0, 0.1) is 0 Å². The van der Waals surface area contributed by atoms with E-state index in [0.29, 0.717) is 12.4 Å². The van der Waals surface area contributed by atoms with Gasteiger partial charge in [0.2, 0.25) is 0 Å². The number of nitrogen functional groups attached to an aromatic ring is 1. The quantitative estimate of drug-likeness (QED) is 0.590. The van der Waals surface area contributed by atoms with Crippen molar-refractivity contribution < 1.29 is 9.47 Å². The van der Waals surface area contributed by atoms with Crippen molar-refractivity contribution >= 4 is 33.6 Å². The summed E-state index contributed by atoms with van der Waals surface area (Å²) in [7, 11) is 5.23. The number of thiophene rings is 1. The highest BCUT2D eigenvalue weighted by Gasteiger charge is 2.40. The van der Waals surface area contributed by atoms with E-state index in [1.807, 2.05) is 6.07 Å². The van der Waals surface area contributed by atoms with Crippen LogP contribution in [0.4, 0.5) is 5.82 Å². The van der Waals surface area contributed by atoms with E-state index >= 15 is 0 Å². The molecule has 0 radical (unpaired) electrons. The first-order chi connectivity index (χ1) is 14.1. The molecule has 7 heteroatoms. The molecule has 152 valence electrons. The summed E-state index contributed by atoms with van der Waals surface area (Å²) in [6, 6.07) is 6.44. The predicted octanol–water partition coefficient (Wildman–Crippen LogP) is 4.20. The zero-order chi connectivity index (χ0) is 20.4. The van der Waals surface area contributed by atoms with Gasteiger partial charge in [-0.25, -0.2) is 9.97 Å². The maximum Gasteiger partial charge on any atom is 0.132 e. The van der Waals surface area contributed by atoms with Crippen molar-refractivity contribution in [3.8, 4) is 11.3 Å². The third-order valence-corrected chi connectivity index (χ3v) is 6.66. The smallest absolute Gasteiger partial charge is 0.132 e. The van der Waals surface area contributed by atoms with Gasteiger partial charge in [-0.3, -0.25) is 4.99 Å². The molecular formula is C22H26N4O2S. The minimum atomic E-state index is 0.0467. The minimum Gasteiger partial charge on any atom is -0.384 e. The van der Waals surface area contributed by atoms with Crippen molar-refractivity contribution in [1.29, 1.82) is 0 Å². The summed E-state index contributed by atoms with van der Waals surface area (Å²) >= 11 is 1.68. The van der Waals surface area contributed by atoms with Crippen molar-refractivity contribution in [2.75, 3.05) is 33.6 Å². The number of aromatic nitrogens is 2. The van der Waals surface area contributed by atoms with Crippen LogP contribution in [0.2, 0.25) is 0 Å². The van der Waals surface area contributed by atoms with Gasteiger partial charge in [0, 0.05) is 60.5 Å². The first kappa shape index (κ1) is 19.9. The summed E-state index contributed by atoms with van der Waals surface area (Å²) in [6.45, 7) is 1.31. The number of pyridine rings is 2. The SMILES string of the molecule is CN=Cc1cc(-c2cc(C3(COC)CCC3)c3cc(COC)sc3n2)cnc1N. The zero-order valence-corrected chi connectivity index (χ0v) is 17.9. The standard InChI is InChI=1S/C22H26N4O2S/c1-24-10-15-7-14(11-25-20(15)23)19-9-18(22(13-28-3)5-4-6-22)17-8-16(12-27-2)29-21(17)26-19/h7-11H,4-6,12-13H2,1-3H3,(H2,23,25). The number of aliphatic imine (C=N–C) groups is 1. The predicted molar refractivity (Wildman–Crippen MR) is 119 cm³/mol. The fourth-order valence-corrected chi connectivity index (χ4v) is 5.13. The molecule has 0 aromatic carbocycles. The van der Waals surface area contributed by atoms with Gasteiger partial charge in [-0.1, -0.05) is 6.42 Å². The Kier molecular flexibility index (Phi) is 5.63. The molecule has 0 unspecified atom stereocenters. The van der Waals surface area contributed by atoms with Crippen LogP contribution in [0.15, 0.2) is 29.4 Å². The summed E-state index contributed by atoms with van der Waals surface area (Å²) in [6.07, 6.45) is 6.99. The van der Waals surface area contributed by atoms with Crippen molar-refractivity contribution in [1.82, 2.24) is 9.97 Å². The molecule has 2 N–H and O–H groups in total. The Hall–Kier alpha value is -2.35. The van der Waals surface area contributed by atoms with Crippen molar-refractivity contribution in [2.45, 2.75) is 31.3 Å². The van der Waals surface area contributed by atoms with Gasteiger partial charge >= 0.3 is 0 Å². The van der Waals surface area contributed by atoms with Crippen molar-refractivity contribution in [2.24, 2.45) is 4.99 Å². The van der Waals surface area contributed by atoms with Crippen LogP contribution in [-0.4, -0.2) is 44.1 Å². The molecule has 0 bridgehead atoms. The number of fused-ring (bicyclic) bond motifs is 1. The van der Waals surface area contributed by atoms with Crippen molar-refractivity contribution in [3.63, 3.8) is 0 Å². The number of methoxy groups -OCH3 is 2. The highest BCUT2D eigenvalue weighted by atomic mass is 32.1. The third-order valence-electron chi connectivity index (χ3n) is 5.66. The lowest BCUT2D eigenvalue weighted by Gasteiger charge is -2.42. The van der Waals surface area contributed by atoms with Gasteiger partial charge in [-0.2, -0.15) is 0 Å². The van der Waals surface area contributed by atoms with E-state index < -0.39 is 0 Å². The molecule has 29 heavy (non-hydrogen) atoms. The molecule has 0 aliphatic heterocycles. The average Bonchev–Trinajstić information content (AvgIpc) is 3.09. The minimum absolute atomic E-state index is 0.0467. The van der Waals surface area contributed by atoms with Gasteiger partial charge in [0.15, 0.2) is 0 Å². The molecule has 1 aliphatic rings. The van der Waals surface area contributed by atoms with Gasteiger partial charge in [0.05, 0.1) is 18.9 Å². The second kappa shape index (κ2) is 8.18. The Bertz CT molecular complexity index is 1060. The fourth-order valence-electron chi connectivity index (χ4n) is 4.11. The van der Waals surface area contributed by atoms with Gasteiger partial charge in [-0.05, 0) is 36.6 Å². The Balaban J connectivity index is 1.91. The van der Waals surface area contributed by atoms with E-state index in [9.17, 15) is 0 Å². The second-order valence-electron chi connectivity index (χ2n) is 7.57. The highest BCUT2D eigenvalue weighted by Crippen LogP contribution is 2.48. The Labute approximate surface area is 174 Å². The number of hydrogen-bond acceptors (Lipinski definition) is 7. The van der Waals surface area contributed by atoms with E-state index in [1.165, 1.54) is 22.2 Å². The van der Waals surface area contributed by atoms with Crippen LogP contribution < -0.4 is 5.73 Å². The summed E-state index contributed by atoms with van der Waals surface area (Å²) in [5.41, 5.74) is 10.00. The van der Waals surface area contributed by atoms with E-state index in [0.717, 1.165) is 41.1 Å². The molecule has 1 fully saturated rings. The summed E-state index contributed by atoms with van der Waals surface area (Å²) in [5, 5.41) is 1.21. The number of rotatable bonds is 7. The molecule has 3 heterocycles. The van der Waals surface area contributed by atoms with E-state index in [-0.39, 0.29) is 5.41 Å². The molecule has 4 rings (SSSR count). The van der Waals surface area contributed by atoms with Gasteiger partial charge < -0.3 is 15.2 Å². The average molecular weight is 411 g/mol. The lowest BCUT2D eigenvalue weighted by Crippen LogP contribution is -2.38. The van der Waals surface area contributed by atoms with Crippen LogP contribution in [0.1, 0.15) is 35.3 Å². The Morgan fingerprint density at radius 1 is 1.24 bits per heavy atom. The zero-order valence-electron chi connectivity index (χ0n) is 17.1. The molecule has 0 amide bonds. The van der Waals surface area contributed by atoms with Crippen LogP contribution in [0.3, 0.4) is 0 Å². The highest BCUT2D eigenvalue weighted by molar-refractivity contribution is 7.18. The first-order valence-corrected chi connectivity index (χ1v) is 10.5. The first-order valence-electron chi connectivity index (χ1n) is 9.70. The van der Waals surface area contributed by atoms with E-state index in [2.05, 4.69) is 22.1 Å². The summed E-state index contributed by atoms with van der Waals surface area (Å²) in [4.78, 5) is 15.6. The molecule has 3 aromatic rings. The van der Waals surface area contributed by atoms with Crippen molar-refractivity contribution in [3.05, 3.63) is 40.4 Å². The molecule has 1 aliphatic carbocycles. The number of nitrogens with zero attached hydrogens (tertiary/aromatic N) is 3. The number of hydrogen-bond donors (Lipinski definition) is 1. The monoisotopic (exact) mass is 410 g/mol. The van der Waals surface area contributed by atoms with Crippen LogP contribution in [0.25, 0.3) is 21.5 Å². The van der Waals surface area contributed by atoms with E-state index in [4.69, 9.17) is 20.2 Å². The van der Waals surface area contributed by atoms with Gasteiger partial charge in [-0.15, -0.1) is 11.3 Å². The number of ether oxygens (including phenoxy) is 2. The van der Waals surface area contributed by atoms with Gasteiger partial charge in [0.25, 0.3) is 0 Å². The number of nitrogens with two attached hydrogens (primary N) is 1. The lowest BCUT2D eigenvalue weighted by atomic mass is 9.64. The Morgan fingerprint density at radius 3 is 2.72 bits per heavy atom. The van der Waals surface area contributed by atoms with Gasteiger partial charge in [0.1, 0.15) is 10.6 Å². The molecule has 1 saturated carbocycles. The molecule has 0 atom stereocenters. The normalized spacial score (nSPS) is 15.8. The largest absolute Gasteiger partial charge is 0.384 e. The summed E-state index contributed by atoms with van der Waals surface area (Å²) in [5.74, 6) is 0.467. The maximum absolute atomic E-state index is 6.00. The fraction of sp³-hybridized carbons (Fsp3) is 0.409. The topological polar surface area (TPSA) is 82.6 Å². The summed E-state index contributed by atoms with van der Waals surface area (Å²) < 4.78 is 11.0. The molecular weight excluding hydrogens is 384 g/mol. The van der Waals surface area contributed by atoms with E-state index in [1.54, 1.807) is 45.0 Å². The number of anilines is 1. The van der Waals surface area contributed by atoms with Crippen LogP contribution in [0.5, 0.6) is 0 Å². The Morgan fingerprint density at radius 2 is 2.07 bits per heavy atom. The molecule has 6 nitrogen and oxygen atoms in total. The maximum atomic E-state index is 6.00. The second-order valence-corrected chi connectivity index (χ2v) is 8.69. The van der Waals surface area contributed by atoms with Crippen LogP contribution in [-0.2, 0) is 21.5 Å². The molecule has 3 aromatic heterocycles. The molecule has 0 saturated heterocycles.